The highest BCUT2D eigenvalue weighted by atomic mass is 16.5. The smallest absolute Gasteiger partial charge is 0.277 e. The van der Waals surface area contributed by atoms with Gasteiger partial charge in [0.05, 0.1) is 24.4 Å². The molecule has 2 aliphatic rings. The second kappa shape index (κ2) is 10.1. The Bertz CT molecular complexity index is 779. The third-order valence-electron chi connectivity index (χ3n) is 5.21. The van der Waals surface area contributed by atoms with Gasteiger partial charge >= 0.3 is 0 Å². The minimum absolute atomic E-state index is 0.0160. The third kappa shape index (κ3) is 4.84. The Morgan fingerprint density at radius 2 is 1.67 bits per heavy atom. The van der Waals surface area contributed by atoms with Crippen molar-refractivity contribution >= 4 is 17.4 Å². The van der Waals surface area contributed by atoms with E-state index in [1.807, 2.05) is 56.9 Å². The monoisotopic (exact) mass is 416 g/mol. The van der Waals surface area contributed by atoms with Gasteiger partial charge < -0.3 is 19.1 Å². The van der Waals surface area contributed by atoms with Crippen LogP contribution in [0.4, 0.5) is 0 Å². The van der Waals surface area contributed by atoms with Gasteiger partial charge in [0.1, 0.15) is 11.4 Å². The van der Waals surface area contributed by atoms with Crippen LogP contribution in [0.1, 0.15) is 39.7 Å². The molecule has 30 heavy (non-hydrogen) atoms. The van der Waals surface area contributed by atoms with Crippen molar-refractivity contribution in [3.63, 3.8) is 0 Å². The lowest BCUT2D eigenvalue weighted by atomic mass is 10.0. The first-order chi connectivity index (χ1) is 14.5. The fourth-order valence-electron chi connectivity index (χ4n) is 4.03. The number of nitrogens with zero attached hydrogens (tertiary/aromatic N) is 2. The molecule has 2 unspecified atom stereocenters. The third-order valence-corrected chi connectivity index (χ3v) is 5.21. The molecule has 0 N–H and O–H groups in total. The van der Waals surface area contributed by atoms with Gasteiger partial charge in [0.15, 0.2) is 0 Å². The summed E-state index contributed by atoms with van der Waals surface area (Å²) in [5, 5.41) is 0. The molecule has 7 nitrogen and oxygen atoms in total. The summed E-state index contributed by atoms with van der Waals surface area (Å²) in [6.45, 7) is 11.0. The van der Waals surface area contributed by atoms with Gasteiger partial charge in [-0.1, -0.05) is 12.1 Å². The van der Waals surface area contributed by atoms with Gasteiger partial charge in [-0.15, -0.1) is 0 Å². The summed E-state index contributed by atoms with van der Waals surface area (Å²) in [5.74, 6) is 0.256. The van der Waals surface area contributed by atoms with Crippen LogP contribution >= 0.6 is 0 Å². The molecule has 2 heterocycles. The van der Waals surface area contributed by atoms with Crippen LogP contribution < -0.4 is 4.74 Å². The first-order valence-corrected chi connectivity index (χ1v) is 10.8. The van der Waals surface area contributed by atoms with Crippen LogP contribution in [-0.4, -0.2) is 73.3 Å². The summed E-state index contributed by atoms with van der Waals surface area (Å²) in [4.78, 5) is 30.0. The van der Waals surface area contributed by atoms with Crippen LogP contribution in [0.3, 0.4) is 0 Å². The maximum Gasteiger partial charge on any atom is 0.277 e. The van der Waals surface area contributed by atoms with Crippen molar-refractivity contribution in [2.24, 2.45) is 0 Å². The van der Waals surface area contributed by atoms with E-state index >= 15 is 0 Å². The second-order valence-corrected chi connectivity index (χ2v) is 7.66. The molecule has 0 radical (unpaired) electrons. The highest BCUT2D eigenvalue weighted by molar-refractivity contribution is 6.35. The number of hydrogen-bond acceptors (Lipinski definition) is 6. The summed E-state index contributed by atoms with van der Waals surface area (Å²) in [6, 6.07) is 7.37. The number of hydrogen-bond donors (Lipinski definition) is 0. The Morgan fingerprint density at radius 1 is 1.00 bits per heavy atom. The van der Waals surface area contributed by atoms with E-state index in [4.69, 9.17) is 14.2 Å². The lowest BCUT2D eigenvalue weighted by molar-refractivity contribution is -0.138. The van der Waals surface area contributed by atoms with Gasteiger partial charge in [-0.25, -0.2) is 0 Å². The number of carbonyl (C=O) groups excluding carboxylic acids is 2. The minimum atomic E-state index is -0.248. The largest absolute Gasteiger partial charge is 0.494 e. The van der Waals surface area contributed by atoms with Gasteiger partial charge in [-0.3, -0.25) is 14.5 Å². The van der Waals surface area contributed by atoms with E-state index in [0.717, 1.165) is 11.3 Å². The zero-order valence-electron chi connectivity index (χ0n) is 18.3. The fourth-order valence-corrected chi connectivity index (χ4v) is 4.03. The SMILES string of the molecule is CCOCCCN1C(=O)C(c2ccc(OCC)cc2)=C(N2CC(C)OC(C)C2)C1=O. The Hall–Kier alpha value is -2.38. The van der Waals surface area contributed by atoms with E-state index in [1.165, 1.54) is 4.90 Å². The van der Waals surface area contributed by atoms with Crippen LogP contribution in [0.25, 0.3) is 5.57 Å². The molecular formula is C23H32N2O5. The zero-order valence-corrected chi connectivity index (χ0v) is 18.3. The molecule has 1 aromatic carbocycles. The molecule has 0 spiro atoms. The quantitative estimate of drug-likeness (QED) is 0.455. The average molecular weight is 417 g/mol. The number of carbonyl (C=O) groups is 2. The van der Waals surface area contributed by atoms with Crippen LogP contribution in [0, 0.1) is 0 Å². The molecule has 3 rings (SSSR count). The van der Waals surface area contributed by atoms with Crippen molar-refractivity contribution in [1.29, 1.82) is 0 Å². The summed E-state index contributed by atoms with van der Waals surface area (Å²) in [7, 11) is 0. The van der Waals surface area contributed by atoms with Crippen molar-refractivity contribution in [2.75, 3.05) is 39.5 Å². The molecular weight excluding hydrogens is 384 g/mol. The topological polar surface area (TPSA) is 68.3 Å². The van der Waals surface area contributed by atoms with Crippen molar-refractivity contribution in [2.45, 2.75) is 46.3 Å². The lowest BCUT2D eigenvalue weighted by Gasteiger charge is -2.37. The van der Waals surface area contributed by atoms with Crippen molar-refractivity contribution in [1.82, 2.24) is 9.80 Å². The predicted octanol–water partition coefficient (Wildman–Crippen LogP) is 2.70. The predicted molar refractivity (Wildman–Crippen MR) is 114 cm³/mol. The molecule has 7 heteroatoms. The fraction of sp³-hybridized carbons (Fsp3) is 0.565. The first kappa shape index (κ1) is 22.3. The van der Waals surface area contributed by atoms with Crippen LogP contribution in [-0.2, 0) is 19.1 Å². The molecule has 164 valence electrons. The number of ether oxygens (including phenoxy) is 3. The normalized spacial score (nSPS) is 22.3. The minimum Gasteiger partial charge on any atom is -0.494 e. The maximum absolute atomic E-state index is 13.3. The summed E-state index contributed by atoms with van der Waals surface area (Å²) in [5.41, 5.74) is 1.66. The molecule has 2 amide bonds. The molecule has 1 saturated heterocycles. The lowest BCUT2D eigenvalue weighted by Crippen LogP contribution is -2.47. The van der Waals surface area contributed by atoms with E-state index in [9.17, 15) is 9.59 Å². The molecule has 2 aliphatic heterocycles. The zero-order chi connectivity index (χ0) is 21.7. The Labute approximate surface area is 178 Å². The number of amides is 2. The van der Waals surface area contributed by atoms with Gasteiger partial charge in [-0.05, 0) is 51.8 Å². The number of imide groups is 1. The number of rotatable bonds is 9. The first-order valence-electron chi connectivity index (χ1n) is 10.8. The standard InChI is InChI=1S/C23H32N2O5/c1-5-28-13-7-12-25-22(26)20(18-8-10-19(11-9-18)29-6-2)21(23(25)27)24-14-16(3)30-17(4)15-24/h8-11,16-17H,5-7,12-15H2,1-4H3. The number of benzene rings is 1. The number of morpholine rings is 1. The molecule has 0 bridgehead atoms. The van der Waals surface area contributed by atoms with Gasteiger partial charge in [-0.2, -0.15) is 0 Å². The molecule has 0 aromatic heterocycles. The highest BCUT2D eigenvalue weighted by Gasteiger charge is 2.42. The van der Waals surface area contributed by atoms with Crippen molar-refractivity contribution in [3.05, 3.63) is 35.5 Å². The Morgan fingerprint density at radius 3 is 2.27 bits per heavy atom. The van der Waals surface area contributed by atoms with E-state index in [1.54, 1.807) is 0 Å². The Kier molecular flexibility index (Phi) is 7.50. The van der Waals surface area contributed by atoms with Crippen LogP contribution in [0.15, 0.2) is 30.0 Å². The van der Waals surface area contributed by atoms with Crippen molar-refractivity contribution < 1.29 is 23.8 Å². The van der Waals surface area contributed by atoms with E-state index < -0.39 is 0 Å². The van der Waals surface area contributed by atoms with E-state index in [-0.39, 0.29) is 24.0 Å². The van der Waals surface area contributed by atoms with E-state index in [2.05, 4.69) is 0 Å². The molecule has 1 fully saturated rings. The summed E-state index contributed by atoms with van der Waals surface area (Å²) >= 11 is 0. The molecule has 0 saturated carbocycles. The van der Waals surface area contributed by atoms with Gasteiger partial charge in [0, 0.05) is 32.8 Å². The molecule has 1 aromatic rings. The molecule has 2 atom stereocenters. The highest BCUT2D eigenvalue weighted by Crippen LogP contribution is 2.34. The van der Waals surface area contributed by atoms with Gasteiger partial charge in [0.2, 0.25) is 0 Å². The Balaban J connectivity index is 1.93. The average Bonchev–Trinajstić information content (AvgIpc) is 2.96. The second-order valence-electron chi connectivity index (χ2n) is 7.66. The summed E-state index contributed by atoms with van der Waals surface area (Å²) in [6.07, 6.45) is 0.584. The molecule has 0 aliphatic carbocycles. The van der Waals surface area contributed by atoms with Crippen LogP contribution in [0.5, 0.6) is 5.75 Å². The maximum atomic E-state index is 13.3. The van der Waals surface area contributed by atoms with E-state index in [0.29, 0.717) is 57.1 Å². The van der Waals surface area contributed by atoms with Gasteiger partial charge in [0.25, 0.3) is 11.8 Å². The summed E-state index contributed by atoms with van der Waals surface area (Å²) < 4.78 is 16.7. The van der Waals surface area contributed by atoms with Crippen molar-refractivity contribution in [3.8, 4) is 5.75 Å². The van der Waals surface area contributed by atoms with Crippen LogP contribution in [0.2, 0.25) is 0 Å².